The monoisotopic (exact) mass is 243 g/mol. The van der Waals surface area contributed by atoms with E-state index in [4.69, 9.17) is 26.8 Å². The van der Waals surface area contributed by atoms with Crippen molar-refractivity contribution < 1.29 is 14.3 Å². The fourth-order valence-corrected chi connectivity index (χ4v) is 1.31. The number of nitrogen functional groups attached to an aromatic ring is 1. The summed E-state index contributed by atoms with van der Waals surface area (Å²) in [5.41, 5.74) is 6.07. The molecule has 88 valence electrons. The number of nitrogens with two attached hydrogens (primary N) is 1. The molecule has 1 aromatic carbocycles. The maximum absolute atomic E-state index is 11.3. The van der Waals surface area contributed by atoms with Gasteiger partial charge in [0.2, 0.25) is 0 Å². The van der Waals surface area contributed by atoms with Crippen molar-refractivity contribution in [3.05, 3.63) is 23.2 Å². The predicted octanol–water partition coefficient (Wildman–Crippen LogP) is 2.25. The molecule has 1 unspecified atom stereocenters. The number of rotatable bonds is 4. The maximum Gasteiger partial charge on any atom is 0.347 e. The van der Waals surface area contributed by atoms with E-state index in [1.165, 1.54) is 0 Å². The number of halogens is 1. The molecule has 2 N–H and O–H groups in total. The Bertz CT molecular complexity index is 381. The Morgan fingerprint density at radius 3 is 2.81 bits per heavy atom. The zero-order valence-corrected chi connectivity index (χ0v) is 9.95. The highest BCUT2D eigenvalue weighted by molar-refractivity contribution is 6.30. The molecule has 4 nitrogen and oxygen atoms in total. The average molecular weight is 244 g/mol. The van der Waals surface area contributed by atoms with Crippen LogP contribution >= 0.6 is 11.6 Å². The third-order valence-electron chi connectivity index (χ3n) is 1.89. The number of carbonyl (C=O) groups excluding carboxylic acids is 1. The first-order valence-electron chi connectivity index (χ1n) is 4.93. The lowest BCUT2D eigenvalue weighted by Crippen LogP contribution is -2.26. The van der Waals surface area contributed by atoms with Gasteiger partial charge in [-0.25, -0.2) is 4.79 Å². The molecule has 1 aromatic rings. The van der Waals surface area contributed by atoms with Crippen molar-refractivity contribution in [1.82, 2.24) is 0 Å². The van der Waals surface area contributed by atoms with Gasteiger partial charge in [0.25, 0.3) is 0 Å². The van der Waals surface area contributed by atoms with Crippen molar-refractivity contribution in [2.24, 2.45) is 0 Å². The second-order valence-corrected chi connectivity index (χ2v) is 3.63. The first-order chi connectivity index (χ1) is 7.54. The molecule has 1 atom stereocenters. The first kappa shape index (κ1) is 12.6. The Morgan fingerprint density at radius 1 is 1.56 bits per heavy atom. The van der Waals surface area contributed by atoms with Gasteiger partial charge in [0.05, 0.1) is 12.3 Å². The Kier molecular flexibility index (Phi) is 4.43. The van der Waals surface area contributed by atoms with E-state index in [0.29, 0.717) is 23.1 Å². The molecule has 0 heterocycles. The summed E-state index contributed by atoms with van der Waals surface area (Å²) in [6, 6.07) is 4.83. The van der Waals surface area contributed by atoms with Gasteiger partial charge in [-0.05, 0) is 32.0 Å². The molecule has 0 amide bonds. The normalized spacial score (nSPS) is 11.9. The highest BCUT2D eigenvalue weighted by Crippen LogP contribution is 2.25. The summed E-state index contributed by atoms with van der Waals surface area (Å²) >= 11 is 5.74. The molecule has 0 saturated carbocycles. The van der Waals surface area contributed by atoms with Crippen LogP contribution in [0.15, 0.2) is 18.2 Å². The van der Waals surface area contributed by atoms with E-state index < -0.39 is 12.1 Å². The van der Waals surface area contributed by atoms with Crippen LogP contribution in [-0.2, 0) is 9.53 Å². The molecule has 0 aliphatic heterocycles. The standard InChI is InChI=1S/C11H14ClNO3/c1-3-15-11(14)7(2)16-10-5-4-8(12)6-9(10)13/h4-7H,3,13H2,1-2H3. The molecule has 5 heteroatoms. The van der Waals surface area contributed by atoms with E-state index in [1.807, 2.05) is 0 Å². The summed E-state index contributed by atoms with van der Waals surface area (Å²) < 4.78 is 10.2. The zero-order valence-electron chi connectivity index (χ0n) is 9.20. The fraction of sp³-hybridized carbons (Fsp3) is 0.364. The minimum atomic E-state index is -0.691. The maximum atomic E-state index is 11.3. The molecular formula is C11H14ClNO3. The molecular weight excluding hydrogens is 230 g/mol. The lowest BCUT2D eigenvalue weighted by Gasteiger charge is -2.14. The predicted molar refractivity (Wildman–Crippen MR) is 62.6 cm³/mol. The van der Waals surface area contributed by atoms with E-state index in [1.54, 1.807) is 32.0 Å². The van der Waals surface area contributed by atoms with Crippen molar-refractivity contribution in [3.8, 4) is 5.75 Å². The van der Waals surface area contributed by atoms with Crippen molar-refractivity contribution in [2.75, 3.05) is 12.3 Å². The van der Waals surface area contributed by atoms with E-state index in [9.17, 15) is 4.79 Å². The first-order valence-corrected chi connectivity index (χ1v) is 5.30. The van der Waals surface area contributed by atoms with Crippen LogP contribution in [0.2, 0.25) is 5.02 Å². The molecule has 0 aromatic heterocycles. The number of hydrogen-bond donors (Lipinski definition) is 1. The minimum absolute atomic E-state index is 0.322. The van der Waals surface area contributed by atoms with Gasteiger partial charge < -0.3 is 15.2 Å². The summed E-state index contributed by atoms with van der Waals surface area (Å²) in [6.45, 7) is 3.66. The molecule has 16 heavy (non-hydrogen) atoms. The second kappa shape index (κ2) is 5.61. The van der Waals surface area contributed by atoms with E-state index in [2.05, 4.69) is 0 Å². The Balaban J connectivity index is 2.69. The number of ether oxygens (including phenoxy) is 2. The van der Waals surface area contributed by atoms with Crippen LogP contribution in [0.25, 0.3) is 0 Å². The summed E-state index contributed by atoms with van der Waals surface area (Å²) in [6.07, 6.45) is -0.691. The smallest absolute Gasteiger partial charge is 0.347 e. The molecule has 0 bridgehead atoms. The quantitative estimate of drug-likeness (QED) is 0.651. The van der Waals surface area contributed by atoms with Crippen molar-refractivity contribution in [1.29, 1.82) is 0 Å². The molecule has 1 rings (SSSR count). The summed E-state index contributed by atoms with van der Waals surface area (Å²) in [5, 5.41) is 0.522. The molecule has 0 fully saturated rings. The third kappa shape index (κ3) is 3.31. The van der Waals surface area contributed by atoms with Crippen LogP contribution in [0.5, 0.6) is 5.75 Å². The highest BCUT2D eigenvalue weighted by atomic mass is 35.5. The van der Waals surface area contributed by atoms with Crippen LogP contribution in [0.3, 0.4) is 0 Å². The van der Waals surface area contributed by atoms with E-state index in [-0.39, 0.29) is 0 Å². The number of anilines is 1. The van der Waals surface area contributed by atoms with Crippen molar-refractivity contribution in [2.45, 2.75) is 20.0 Å². The SMILES string of the molecule is CCOC(=O)C(C)Oc1ccc(Cl)cc1N. The Morgan fingerprint density at radius 2 is 2.25 bits per heavy atom. The summed E-state index contributed by atoms with van der Waals surface area (Å²) in [7, 11) is 0. The van der Waals surface area contributed by atoms with Crippen molar-refractivity contribution >= 4 is 23.3 Å². The highest BCUT2D eigenvalue weighted by Gasteiger charge is 2.16. The Labute approximate surface area is 99.3 Å². The van der Waals surface area contributed by atoms with Crippen LogP contribution in [0.1, 0.15) is 13.8 Å². The van der Waals surface area contributed by atoms with Crippen LogP contribution in [0.4, 0.5) is 5.69 Å². The minimum Gasteiger partial charge on any atom is -0.477 e. The van der Waals surface area contributed by atoms with Gasteiger partial charge in [-0.3, -0.25) is 0 Å². The second-order valence-electron chi connectivity index (χ2n) is 3.19. The van der Waals surface area contributed by atoms with Crippen LogP contribution in [-0.4, -0.2) is 18.7 Å². The summed E-state index contributed by atoms with van der Waals surface area (Å²) in [5.74, 6) is 0.00167. The lowest BCUT2D eigenvalue weighted by atomic mass is 10.3. The van der Waals surface area contributed by atoms with Crippen LogP contribution in [0, 0.1) is 0 Å². The molecule has 0 aliphatic carbocycles. The van der Waals surface area contributed by atoms with E-state index in [0.717, 1.165) is 0 Å². The zero-order chi connectivity index (χ0) is 12.1. The number of hydrogen-bond acceptors (Lipinski definition) is 4. The van der Waals surface area contributed by atoms with Crippen LogP contribution < -0.4 is 10.5 Å². The fourth-order valence-electron chi connectivity index (χ4n) is 1.12. The van der Waals surface area contributed by atoms with E-state index >= 15 is 0 Å². The van der Waals surface area contributed by atoms with Crippen molar-refractivity contribution in [3.63, 3.8) is 0 Å². The van der Waals surface area contributed by atoms with Gasteiger partial charge in [-0.2, -0.15) is 0 Å². The number of benzene rings is 1. The molecule has 0 radical (unpaired) electrons. The third-order valence-corrected chi connectivity index (χ3v) is 2.13. The topological polar surface area (TPSA) is 61.5 Å². The van der Waals surface area contributed by atoms with Gasteiger partial charge >= 0.3 is 5.97 Å². The number of carbonyl (C=O) groups is 1. The Hall–Kier alpha value is -1.42. The van der Waals surface area contributed by atoms with Gasteiger partial charge in [0.15, 0.2) is 6.10 Å². The lowest BCUT2D eigenvalue weighted by molar-refractivity contribution is -0.150. The van der Waals surface area contributed by atoms with Gasteiger partial charge in [0, 0.05) is 5.02 Å². The van der Waals surface area contributed by atoms with Gasteiger partial charge in [-0.1, -0.05) is 11.6 Å². The largest absolute Gasteiger partial charge is 0.477 e. The summed E-state index contributed by atoms with van der Waals surface area (Å²) in [4.78, 5) is 11.3. The van der Waals surface area contributed by atoms with Gasteiger partial charge in [0.1, 0.15) is 5.75 Å². The molecule has 0 aliphatic rings. The number of esters is 1. The van der Waals surface area contributed by atoms with Gasteiger partial charge in [-0.15, -0.1) is 0 Å². The average Bonchev–Trinajstić information content (AvgIpc) is 2.22. The molecule has 0 saturated heterocycles. The molecule has 0 spiro atoms.